The van der Waals surface area contributed by atoms with Crippen molar-refractivity contribution in [3.8, 4) is 5.75 Å². The number of ether oxygens (including phenoxy) is 2. The van der Waals surface area contributed by atoms with E-state index in [0.717, 1.165) is 29.5 Å². The zero-order valence-electron chi connectivity index (χ0n) is 24.9. The predicted molar refractivity (Wildman–Crippen MR) is 165 cm³/mol. The number of likely N-dealkylation sites (tertiary alicyclic amines) is 1. The maximum atomic E-state index is 13.5. The Bertz CT molecular complexity index is 1620. The number of sulfonamides is 1. The van der Waals surface area contributed by atoms with Crippen LogP contribution in [0.2, 0.25) is 0 Å². The van der Waals surface area contributed by atoms with Gasteiger partial charge in [0.25, 0.3) is 11.7 Å². The molecule has 232 valence electrons. The fourth-order valence-electron chi connectivity index (χ4n) is 5.40. The van der Waals surface area contributed by atoms with E-state index in [2.05, 4.69) is 4.90 Å². The molecule has 0 aromatic heterocycles. The van der Waals surface area contributed by atoms with E-state index in [-0.39, 0.29) is 16.0 Å². The maximum absolute atomic E-state index is 13.5. The first-order valence-corrected chi connectivity index (χ1v) is 16.0. The number of rotatable bonds is 11. The smallest absolute Gasteiger partial charge is 0.295 e. The lowest BCUT2D eigenvalue weighted by atomic mass is 9.95. The summed E-state index contributed by atoms with van der Waals surface area (Å²) in [4.78, 5) is 30.6. The van der Waals surface area contributed by atoms with Gasteiger partial charge in [-0.3, -0.25) is 14.5 Å². The van der Waals surface area contributed by atoms with Gasteiger partial charge in [-0.2, -0.15) is 0 Å². The van der Waals surface area contributed by atoms with E-state index >= 15 is 0 Å². The third-order valence-electron chi connectivity index (χ3n) is 7.85. The molecule has 0 aliphatic carbocycles. The number of hydrogen-bond donors (Lipinski definition) is 1. The highest BCUT2D eigenvalue weighted by atomic mass is 32.2. The van der Waals surface area contributed by atoms with Gasteiger partial charge < -0.3 is 19.5 Å². The minimum Gasteiger partial charge on any atom is -0.507 e. The lowest BCUT2D eigenvalue weighted by Crippen LogP contribution is -2.38. The molecule has 44 heavy (non-hydrogen) atoms. The van der Waals surface area contributed by atoms with Gasteiger partial charge in [0.1, 0.15) is 18.1 Å². The summed E-state index contributed by atoms with van der Waals surface area (Å²) < 4.78 is 38.0. The van der Waals surface area contributed by atoms with Gasteiger partial charge in [-0.25, -0.2) is 12.7 Å². The van der Waals surface area contributed by atoms with Crippen molar-refractivity contribution < 1.29 is 32.6 Å². The summed E-state index contributed by atoms with van der Waals surface area (Å²) in [6, 6.07) is 21.8. The van der Waals surface area contributed by atoms with Crippen molar-refractivity contribution >= 4 is 27.5 Å². The van der Waals surface area contributed by atoms with Crippen LogP contribution in [0.3, 0.4) is 0 Å². The van der Waals surface area contributed by atoms with Crippen LogP contribution in [-0.2, 0) is 31.0 Å². The number of carbonyl (C=O) groups is 2. The van der Waals surface area contributed by atoms with Gasteiger partial charge in [0, 0.05) is 45.8 Å². The predicted octanol–water partition coefficient (Wildman–Crippen LogP) is 3.66. The van der Waals surface area contributed by atoms with Crippen molar-refractivity contribution in [2.45, 2.75) is 24.0 Å². The summed E-state index contributed by atoms with van der Waals surface area (Å²) in [5.41, 5.74) is 1.69. The zero-order valence-corrected chi connectivity index (χ0v) is 25.7. The molecule has 3 aromatic carbocycles. The number of Topliss-reactive ketones (excluding diaryl/α,β-unsaturated/α-hetero) is 1. The van der Waals surface area contributed by atoms with Crippen molar-refractivity contribution in [2.24, 2.45) is 0 Å². The highest BCUT2D eigenvalue weighted by Gasteiger charge is 2.46. The van der Waals surface area contributed by atoms with Crippen LogP contribution >= 0.6 is 0 Å². The van der Waals surface area contributed by atoms with Gasteiger partial charge in [-0.15, -0.1) is 0 Å². The molecule has 2 aliphatic rings. The molecule has 1 atom stereocenters. The molecule has 2 aliphatic heterocycles. The van der Waals surface area contributed by atoms with Gasteiger partial charge in [-0.1, -0.05) is 54.6 Å². The second-order valence-corrected chi connectivity index (χ2v) is 13.1. The summed E-state index contributed by atoms with van der Waals surface area (Å²) in [7, 11) is -0.972. The number of ketones is 1. The number of hydrogen-bond acceptors (Lipinski definition) is 8. The van der Waals surface area contributed by atoms with Crippen LogP contribution < -0.4 is 4.74 Å². The van der Waals surface area contributed by atoms with Crippen molar-refractivity contribution in [3.63, 3.8) is 0 Å². The molecule has 2 heterocycles. The molecule has 0 spiro atoms. The number of morpholine rings is 1. The molecule has 0 saturated carbocycles. The number of amides is 1. The Labute approximate surface area is 258 Å². The van der Waals surface area contributed by atoms with E-state index in [0.29, 0.717) is 44.1 Å². The second-order valence-electron chi connectivity index (χ2n) is 11.0. The Morgan fingerprint density at radius 3 is 2.34 bits per heavy atom. The molecule has 1 unspecified atom stereocenters. The number of carbonyl (C=O) groups excluding carboxylic acids is 2. The first-order valence-electron chi connectivity index (χ1n) is 14.5. The standard InChI is InChI=1S/C33H37N3O7S/c1-34(2)44(40,41)28-11-6-10-26(22-28)31(37)29-30(25-12-14-27(15-13-25)43-23-24-8-4-3-5-9-24)36(33(39)32(29)38)17-7-16-35-18-20-42-21-19-35/h3-6,8-15,22,30,37H,7,16-21,23H2,1-2H3/b31-29+. The van der Waals surface area contributed by atoms with Gasteiger partial charge >= 0.3 is 0 Å². The van der Waals surface area contributed by atoms with E-state index in [4.69, 9.17) is 9.47 Å². The third kappa shape index (κ3) is 6.86. The molecule has 0 radical (unpaired) electrons. The first kappa shape index (κ1) is 31.4. The Morgan fingerprint density at radius 1 is 0.955 bits per heavy atom. The van der Waals surface area contributed by atoms with Gasteiger partial charge in [0.05, 0.1) is 29.7 Å². The Hall–Kier alpha value is -4.03. The SMILES string of the molecule is CN(C)S(=O)(=O)c1cccc(/C(O)=C2\C(=O)C(=O)N(CCCN3CCOCC3)C2c2ccc(OCc3ccccc3)cc2)c1. The van der Waals surface area contributed by atoms with Crippen molar-refractivity contribution in [1.82, 2.24) is 14.1 Å². The topological polar surface area (TPSA) is 117 Å². The van der Waals surface area contributed by atoms with E-state index < -0.39 is 33.5 Å². The molecule has 2 saturated heterocycles. The maximum Gasteiger partial charge on any atom is 0.295 e. The highest BCUT2D eigenvalue weighted by molar-refractivity contribution is 7.89. The minimum absolute atomic E-state index is 0.0391. The average molecular weight is 620 g/mol. The molecular formula is C33H37N3O7S. The zero-order chi connectivity index (χ0) is 31.3. The second kappa shape index (κ2) is 13.7. The Balaban J connectivity index is 1.47. The summed E-state index contributed by atoms with van der Waals surface area (Å²) in [6.07, 6.45) is 0.623. The van der Waals surface area contributed by atoms with E-state index in [1.807, 2.05) is 30.3 Å². The van der Waals surface area contributed by atoms with Crippen LogP contribution in [-0.4, -0.2) is 92.8 Å². The number of nitrogens with zero attached hydrogens (tertiary/aromatic N) is 3. The average Bonchev–Trinajstić information content (AvgIpc) is 3.29. The van der Waals surface area contributed by atoms with Gasteiger partial charge in [-0.05, 0) is 41.8 Å². The van der Waals surface area contributed by atoms with Crippen LogP contribution in [0.5, 0.6) is 5.75 Å². The molecular weight excluding hydrogens is 582 g/mol. The van der Waals surface area contributed by atoms with Crippen LogP contribution in [0.25, 0.3) is 5.76 Å². The van der Waals surface area contributed by atoms with Crippen LogP contribution in [0.15, 0.2) is 89.3 Å². The number of aliphatic hydroxyl groups is 1. The van der Waals surface area contributed by atoms with Gasteiger partial charge in [0.15, 0.2) is 0 Å². The molecule has 11 heteroatoms. The lowest BCUT2D eigenvalue weighted by molar-refractivity contribution is -0.140. The minimum atomic E-state index is -3.80. The summed E-state index contributed by atoms with van der Waals surface area (Å²) in [5, 5.41) is 11.5. The van der Waals surface area contributed by atoms with Crippen LogP contribution in [0.4, 0.5) is 0 Å². The van der Waals surface area contributed by atoms with Crippen LogP contribution in [0, 0.1) is 0 Å². The lowest BCUT2D eigenvalue weighted by Gasteiger charge is -2.29. The fourth-order valence-corrected chi connectivity index (χ4v) is 6.35. The molecule has 2 fully saturated rings. The summed E-state index contributed by atoms with van der Waals surface area (Å²) >= 11 is 0. The first-order chi connectivity index (χ1) is 21.2. The molecule has 10 nitrogen and oxygen atoms in total. The van der Waals surface area contributed by atoms with E-state index in [1.54, 1.807) is 24.3 Å². The molecule has 1 N–H and O–H groups in total. The monoisotopic (exact) mass is 619 g/mol. The Kier molecular flexibility index (Phi) is 9.80. The van der Waals surface area contributed by atoms with Crippen LogP contribution in [0.1, 0.15) is 29.2 Å². The molecule has 3 aromatic rings. The van der Waals surface area contributed by atoms with Crippen molar-refractivity contribution in [1.29, 1.82) is 0 Å². The third-order valence-corrected chi connectivity index (χ3v) is 9.66. The largest absolute Gasteiger partial charge is 0.507 e. The van der Waals surface area contributed by atoms with Crippen molar-refractivity contribution in [3.05, 3.63) is 101 Å². The molecule has 0 bridgehead atoms. The van der Waals surface area contributed by atoms with E-state index in [9.17, 15) is 23.1 Å². The highest BCUT2D eigenvalue weighted by Crippen LogP contribution is 2.40. The Morgan fingerprint density at radius 2 is 1.66 bits per heavy atom. The van der Waals surface area contributed by atoms with Crippen molar-refractivity contribution in [2.75, 3.05) is 53.5 Å². The molecule has 1 amide bonds. The van der Waals surface area contributed by atoms with E-state index in [1.165, 1.54) is 43.3 Å². The normalized spacial score (nSPS) is 19.1. The fraction of sp³-hybridized carbons (Fsp3) is 0.333. The number of benzene rings is 3. The van der Waals surface area contributed by atoms with Gasteiger partial charge in [0.2, 0.25) is 10.0 Å². The summed E-state index contributed by atoms with van der Waals surface area (Å²) in [5.74, 6) is -1.34. The quantitative estimate of drug-likeness (QED) is 0.196. The number of aliphatic hydroxyl groups excluding tert-OH is 1. The molecule has 5 rings (SSSR count). The summed E-state index contributed by atoms with van der Waals surface area (Å²) in [6.45, 7) is 4.34.